The van der Waals surface area contributed by atoms with Gasteiger partial charge in [-0.25, -0.2) is 4.39 Å². The van der Waals surface area contributed by atoms with Gasteiger partial charge in [0.2, 0.25) is 0 Å². The maximum absolute atomic E-state index is 12.9. The first-order valence-corrected chi connectivity index (χ1v) is 7.48. The molecule has 3 unspecified atom stereocenters. The number of halogens is 1. The first-order valence-electron chi connectivity index (χ1n) is 7.48. The average molecular weight is 264 g/mol. The summed E-state index contributed by atoms with van der Waals surface area (Å²) in [6.07, 6.45) is 6.61. The number of rotatable bonds is 4. The maximum Gasteiger partial charge on any atom is 0.123 e. The summed E-state index contributed by atoms with van der Waals surface area (Å²) in [6.45, 7) is 4.18. The van der Waals surface area contributed by atoms with Gasteiger partial charge in [-0.3, -0.25) is 0 Å². The minimum Gasteiger partial charge on any atom is -0.390 e. The maximum atomic E-state index is 12.9. The van der Waals surface area contributed by atoms with E-state index < -0.39 is 5.60 Å². The Balaban J connectivity index is 2.02. The second-order valence-electron chi connectivity index (χ2n) is 6.30. The SMILES string of the molecule is CCC1CCCC(C(C)(O)Cc2ccc(F)cc2)C1. The predicted octanol–water partition coefficient (Wildman–Crippen LogP) is 4.34. The van der Waals surface area contributed by atoms with Crippen LogP contribution in [0.25, 0.3) is 0 Å². The molecule has 1 aliphatic carbocycles. The zero-order chi connectivity index (χ0) is 13.9. The Morgan fingerprint density at radius 3 is 2.58 bits per heavy atom. The number of hydrogen-bond acceptors (Lipinski definition) is 1. The Hall–Kier alpha value is -0.890. The van der Waals surface area contributed by atoms with Gasteiger partial charge in [-0.2, -0.15) is 0 Å². The highest BCUT2D eigenvalue weighted by Crippen LogP contribution is 2.38. The molecule has 0 heterocycles. The first-order chi connectivity index (χ1) is 9.01. The largest absolute Gasteiger partial charge is 0.390 e. The van der Waals surface area contributed by atoms with Gasteiger partial charge in [-0.1, -0.05) is 38.3 Å². The highest BCUT2D eigenvalue weighted by molar-refractivity contribution is 5.18. The molecule has 2 heteroatoms. The van der Waals surface area contributed by atoms with Crippen molar-refractivity contribution in [3.63, 3.8) is 0 Å². The summed E-state index contributed by atoms with van der Waals surface area (Å²) in [6, 6.07) is 6.51. The Morgan fingerprint density at radius 1 is 1.26 bits per heavy atom. The third-order valence-corrected chi connectivity index (χ3v) is 4.71. The van der Waals surface area contributed by atoms with E-state index in [1.165, 1.54) is 31.4 Å². The van der Waals surface area contributed by atoms with E-state index in [-0.39, 0.29) is 5.82 Å². The number of hydrogen-bond donors (Lipinski definition) is 1. The molecule has 1 aromatic rings. The lowest BCUT2D eigenvalue weighted by Gasteiger charge is -2.38. The Labute approximate surface area is 115 Å². The lowest BCUT2D eigenvalue weighted by molar-refractivity contribution is -0.0256. The van der Waals surface area contributed by atoms with Crippen LogP contribution in [0.4, 0.5) is 4.39 Å². The van der Waals surface area contributed by atoms with Crippen LogP contribution in [0.1, 0.15) is 51.5 Å². The van der Waals surface area contributed by atoms with Gasteiger partial charge in [0, 0.05) is 6.42 Å². The van der Waals surface area contributed by atoms with E-state index in [0.29, 0.717) is 12.3 Å². The molecule has 0 aliphatic heterocycles. The highest BCUT2D eigenvalue weighted by atomic mass is 19.1. The van der Waals surface area contributed by atoms with Crippen molar-refractivity contribution in [3.05, 3.63) is 35.6 Å². The van der Waals surface area contributed by atoms with Crippen molar-refractivity contribution in [2.75, 3.05) is 0 Å². The van der Waals surface area contributed by atoms with Crippen LogP contribution in [0.15, 0.2) is 24.3 Å². The Bertz CT molecular complexity index is 396. The monoisotopic (exact) mass is 264 g/mol. The summed E-state index contributed by atoms with van der Waals surface area (Å²) in [5, 5.41) is 10.8. The van der Waals surface area contributed by atoms with Crippen molar-refractivity contribution >= 4 is 0 Å². The topological polar surface area (TPSA) is 20.2 Å². The van der Waals surface area contributed by atoms with Crippen LogP contribution < -0.4 is 0 Å². The fourth-order valence-corrected chi connectivity index (χ4v) is 3.39. The summed E-state index contributed by atoms with van der Waals surface area (Å²) in [5.74, 6) is 0.918. The number of benzene rings is 1. The van der Waals surface area contributed by atoms with Crippen LogP contribution in [0, 0.1) is 17.7 Å². The lowest BCUT2D eigenvalue weighted by Crippen LogP contribution is -2.39. The average Bonchev–Trinajstić information content (AvgIpc) is 2.41. The first kappa shape index (κ1) is 14.5. The summed E-state index contributed by atoms with van der Waals surface area (Å²) < 4.78 is 12.9. The van der Waals surface area contributed by atoms with Gasteiger partial charge >= 0.3 is 0 Å². The molecule has 1 fully saturated rings. The second kappa shape index (κ2) is 6.04. The molecular weight excluding hydrogens is 239 g/mol. The fourth-order valence-electron chi connectivity index (χ4n) is 3.39. The highest BCUT2D eigenvalue weighted by Gasteiger charge is 2.35. The summed E-state index contributed by atoms with van der Waals surface area (Å²) >= 11 is 0. The van der Waals surface area contributed by atoms with E-state index in [2.05, 4.69) is 6.92 Å². The second-order valence-corrected chi connectivity index (χ2v) is 6.30. The quantitative estimate of drug-likeness (QED) is 0.858. The summed E-state index contributed by atoms with van der Waals surface area (Å²) in [4.78, 5) is 0. The van der Waals surface area contributed by atoms with Crippen LogP contribution in [-0.4, -0.2) is 10.7 Å². The van der Waals surface area contributed by atoms with E-state index in [0.717, 1.165) is 24.3 Å². The standard InChI is InChI=1S/C17H25FO/c1-3-13-5-4-6-15(11-13)17(2,19)12-14-7-9-16(18)10-8-14/h7-10,13,15,19H,3-6,11-12H2,1-2H3. The molecular formula is C17H25FO. The van der Waals surface area contributed by atoms with E-state index in [1.54, 1.807) is 12.1 Å². The molecule has 1 nitrogen and oxygen atoms in total. The van der Waals surface area contributed by atoms with Crippen molar-refractivity contribution in [1.29, 1.82) is 0 Å². The molecule has 0 aromatic heterocycles. The predicted molar refractivity (Wildman–Crippen MR) is 76.5 cm³/mol. The molecule has 1 N–H and O–H groups in total. The van der Waals surface area contributed by atoms with Crippen LogP contribution in [0.2, 0.25) is 0 Å². The zero-order valence-corrected chi connectivity index (χ0v) is 12.0. The smallest absolute Gasteiger partial charge is 0.123 e. The molecule has 2 rings (SSSR count). The molecule has 0 saturated heterocycles. The van der Waals surface area contributed by atoms with Crippen molar-refractivity contribution in [2.24, 2.45) is 11.8 Å². The van der Waals surface area contributed by atoms with E-state index >= 15 is 0 Å². The molecule has 0 bridgehead atoms. The van der Waals surface area contributed by atoms with Crippen molar-refractivity contribution in [2.45, 2.75) is 58.0 Å². The lowest BCUT2D eigenvalue weighted by atomic mass is 9.71. The van der Waals surface area contributed by atoms with Gasteiger partial charge in [0.05, 0.1) is 5.60 Å². The summed E-state index contributed by atoms with van der Waals surface area (Å²) in [7, 11) is 0. The van der Waals surface area contributed by atoms with Crippen LogP contribution >= 0.6 is 0 Å². The Morgan fingerprint density at radius 2 is 1.95 bits per heavy atom. The van der Waals surface area contributed by atoms with E-state index in [1.807, 2.05) is 6.92 Å². The van der Waals surface area contributed by atoms with Crippen LogP contribution in [-0.2, 0) is 6.42 Å². The third kappa shape index (κ3) is 3.79. The molecule has 0 radical (unpaired) electrons. The molecule has 0 spiro atoms. The molecule has 1 saturated carbocycles. The van der Waals surface area contributed by atoms with E-state index in [4.69, 9.17) is 0 Å². The molecule has 106 valence electrons. The van der Waals surface area contributed by atoms with Crippen LogP contribution in [0.3, 0.4) is 0 Å². The minimum atomic E-state index is -0.675. The molecule has 1 aromatic carbocycles. The molecule has 0 amide bonds. The van der Waals surface area contributed by atoms with Crippen molar-refractivity contribution < 1.29 is 9.50 Å². The van der Waals surface area contributed by atoms with Gasteiger partial charge in [-0.05, 0) is 49.3 Å². The molecule has 19 heavy (non-hydrogen) atoms. The zero-order valence-electron chi connectivity index (χ0n) is 12.0. The number of aliphatic hydroxyl groups is 1. The minimum absolute atomic E-state index is 0.216. The molecule has 1 aliphatic rings. The van der Waals surface area contributed by atoms with Crippen LogP contribution in [0.5, 0.6) is 0 Å². The van der Waals surface area contributed by atoms with Gasteiger partial charge in [0.25, 0.3) is 0 Å². The fraction of sp³-hybridized carbons (Fsp3) is 0.647. The van der Waals surface area contributed by atoms with E-state index in [9.17, 15) is 9.50 Å². The van der Waals surface area contributed by atoms with Gasteiger partial charge < -0.3 is 5.11 Å². The van der Waals surface area contributed by atoms with Crippen molar-refractivity contribution in [3.8, 4) is 0 Å². The summed E-state index contributed by atoms with van der Waals surface area (Å²) in [5.41, 5.74) is 0.344. The van der Waals surface area contributed by atoms with Crippen molar-refractivity contribution in [1.82, 2.24) is 0 Å². The third-order valence-electron chi connectivity index (χ3n) is 4.71. The normalized spacial score (nSPS) is 26.9. The Kier molecular flexibility index (Phi) is 4.62. The van der Waals surface area contributed by atoms with Gasteiger partial charge in [0.15, 0.2) is 0 Å². The van der Waals surface area contributed by atoms with Gasteiger partial charge in [0.1, 0.15) is 5.82 Å². The molecule has 3 atom stereocenters. The van der Waals surface area contributed by atoms with Gasteiger partial charge in [-0.15, -0.1) is 0 Å².